The maximum absolute atomic E-state index is 12.2. The number of guanidine groups is 1. The predicted molar refractivity (Wildman–Crippen MR) is 106 cm³/mol. The van der Waals surface area contributed by atoms with Crippen molar-refractivity contribution in [2.45, 2.75) is 25.0 Å². The van der Waals surface area contributed by atoms with Gasteiger partial charge in [-0.25, -0.2) is 8.42 Å². The Morgan fingerprint density at radius 2 is 2.12 bits per heavy atom. The fraction of sp³-hybridized carbons (Fsp3) is 0.500. The lowest BCUT2D eigenvalue weighted by molar-refractivity contribution is 0.353. The molecule has 1 aromatic heterocycles. The predicted octanol–water partition coefficient (Wildman–Crippen LogP) is 2.53. The average Bonchev–Trinajstić information content (AvgIpc) is 2.98. The second kappa shape index (κ2) is 6.96. The summed E-state index contributed by atoms with van der Waals surface area (Å²) < 4.78 is 24.9. The van der Waals surface area contributed by atoms with E-state index in [0.29, 0.717) is 13.1 Å². The lowest BCUT2D eigenvalue weighted by Crippen LogP contribution is -2.57. The zero-order valence-electron chi connectivity index (χ0n) is 14.9. The van der Waals surface area contributed by atoms with E-state index in [9.17, 15) is 8.42 Å². The van der Waals surface area contributed by atoms with Gasteiger partial charge in [-0.3, -0.25) is 4.99 Å². The van der Waals surface area contributed by atoms with Gasteiger partial charge >= 0.3 is 0 Å². The average molecular weight is 380 g/mol. The summed E-state index contributed by atoms with van der Waals surface area (Å²) in [4.78, 5) is 6.39. The highest BCUT2D eigenvalue weighted by Gasteiger charge is 2.40. The summed E-state index contributed by atoms with van der Waals surface area (Å²) in [6.07, 6.45) is 0.915. The van der Waals surface area contributed by atoms with Crippen LogP contribution in [0.2, 0.25) is 0 Å². The molecule has 0 amide bonds. The third-order valence-corrected chi connectivity index (χ3v) is 8.34. The topological polar surface area (TPSA) is 61.8 Å². The molecular weight excluding hydrogens is 354 g/mol. The number of hydrogen-bond donors (Lipinski definition) is 1. The normalized spacial score (nSPS) is 20.0. The molecule has 2 heterocycles. The molecule has 0 radical (unpaired) electrons. The first kappa shape index (κ1) is 18.2. The quantitative estimate of drug-likeness (QED) is 0.658. The van der Waals surface area contributed by atoms with Gasteiger partial charge in [-0.2, -0.15) is 0 Å². The third-order valence-electron chi connectivity index (χ3n) is 4.79. The molecule has 1 fully saturated rings. The highest BCUT2D eigenvalue weighted by molar-refractivity contribution is 7.92. The van der Waals surface area contributed by atoms with Gasteiger partial charge in [-0.1, -0.05) is 18.2 Å². The summed E-state index contributed by atoms with van der Waals surface area (Å²) in [6.45, 7) is 5.32. The van der Waals surface area contributed by atoms with Crippen molar-refractivity contribution in [2.75, 3.05) is 32.4 Å². The number of fused-ring (bicyclic) bond motifs is 1. The first-order valence-corrected chi connectivity index (χ1v) is 11.0. The monoisotopic (exact) mass is 379 g/mol. The van der Waals surface area contributed by atoms with Crippen LogP contribution in [0.5, 0.6) is 0 Å². The van der Waals surface area contributed by atoms with E-state index >= 15 is 0 Å². The van der Waals surface area contributed by atoms with Gasteiger partial charge in [0.05, 0.1) is 10.5 Å². The zero-order valence-corrected chi connectivity index (χ0v) is 16.6. The van der Waals surface area contributed by atoms with Crippen LogP contribution in [-0.2, 0) is 16.3 Å². The van der Waals surface area contributed by atoms with Crippen molar-refractivity contribution >= 4 is 37.2 Å². The maximum Gasteiger partial charge on any atom is 0.193 e. The Balaban J connectivity index is 1.62. The van der Waals surface area contributed by atoms with Gasteiger partial charge in [0.2, 0.25) is 0 Å². The van der Waals surface area contributed by atoms with Gasteiger partial charge in [0.15, 0.2) is 15.8 Å². The summed E-state index contributed by atoms with van der Waals surface area (Å²) in [7, 11) is -1.29. The molecule has 5 nitrogen and oxygen atoms in total. The van der Waals surface area contributed by atoms with E-state index in [1.54, 1.807) is 32.2 Å². The second-order valence-electron chi connectivity index (χ2n) is 6.98. The van der Waals surface area contributed by atoms with Crippen LogP contribution in [0, 0.1) is 0 Å². The van der Waals surface area contributed by atoms with Gasteiger partial charge in [-0.15, -0.1) is 11.3 Å². The maximum atomic E-state index is 12.2. The first-order chi connectivity index (χ1) is 11.8. The molecule has 1 aliphatic rings. The molecule has 25 heavy (non-hydrogen) atoms. The number of thiophene rings is 1. The van der Waals surface area contributed by atoms with Crippen LogP contribution in [0.25, 0.3) is 10.1 Å². The molecule has 1 aromatic carbocycles. The third kappa shape index (κ3) is 3.67. The van der Waals surface area contributed by atoms with Crippen LogP contribution < -0.4 is 5.32 Å². The molecule has 0 bridgehead atoms. The van der Waals surface area contributed by atoms with Gasteiger partial charge in [-0.05, 0) is 42.7 Å². The second-order valence-corrected chi connectivity index (χ2v) is 10.6. The number of hydrogen-bond acceptors (Lipinski definition) is 4. The Hall–Kier alpha value is -1.60. The highest BCUT2D eigenvalue weighted by atomic mass is 32.2. The van der Waals surface area contributed by atoms with E-state index < -0.39 is 14.6 Å². The lowest BCUT2D eigenvalue weighted by Gasteiger charge is -2.39. The molecule has 0 spiro atoms. The van der Waals surface area contributed by atoms with Crippen molar-refractivity contribution in [3.05, 3.63) is 35.2 Å². The largest absolute Gasteiger partial charge is 0.356 e. The van der Waals surface area contributed by atoms with Gasteiger partial charge in [0.25, 0.3) is 0 Å². The fourth-order valence-electron chi connectivity index (χ4n) is 3.19. The fourth-order valence-corrected chi connectivity index (χ4v) is 5.56. The molecule has 1 saturated heterocycles. The lowest BCUT2D eigenvalue weighted by atomic mass is 10.1. The van der Waals surface area contributed by atoms with Crippen molar-refractivity contribution in [1.82, 2.24) is 10.2 Å². The van der Waals surface area contributed by atoms with Crippen LogP contribution in [0.15, 0.2) is 34.6 Å². The Morgan fingerprint density at radius 3 is 2.84 bits per heavy atom. The summed E-state index contributed by atoms with van der Waals surface area (Å²) in [5, 5.41) is 6.92. The first-order valence-electron chi connectivity index (χ1n) is 8.47. The molecule has 7 heteroatoms. The number of benzene rings is 1. The molecule has 0 atom stereocenters. The van der Waals surface area contributed by atoms with E-state index in [4.69, 9.17) is 0 Å². The standard InChI is InChI=1S/C18H25N3O2S2/c1-18(2)13-21(10-11-25(18,22)23)17(19-3)20-9-8-14-12-24-16-7-5-4-6-15(14)16/h4-7,12H,8-11,13H2,1-3H3,(H,19,20). The minimum Gasteiger partial charge on any atom is -0.356 e. The number of nitrogens with one attached hydrogen (secondary N) is 1. The smallest absolute Gasteiger partial charge is 0.193 e. The number of aliphatic imine (C=N–C) groups is 1. The summed E-state index contributed by atoms with van der Waals surface area (Å²) in [5.41, 5.74) is 1.34. The van der Waals surface area contributed by atoms with Crippen molar-refractivity contribution in [3.8, 4) is 0 Å². The molecule has 136 valence electrons. The summed E-state index contributed by atoms with van der Waals surface area (Å²) >= 11 is 1.77. The number of nitrogens with zero attached hydrogens (tertiary/aromatic N) is 2. The van der Waals surface area contributed by atoms with Crippen molar-refractivity contribution in [2.24, 2.45) is 4.99 Å². The van der Waals surface area contributed by atoms with Crippen molar-refractivity contribution in [1.29, 1.82) is 0 Å². The molecule has 1 N–H and O–H groups in total. The Morgan fingerprint density at radius 1 is 1.36 bits per heavy atom. The minimum atomic E-state index is -3.04. The zero-order chi connectivity index (χ0) is 18.1. The number of rotatable bonds is 3. The van der Waals surface area contributed by atoms with Crippen molar-refractivity contribution < 1.29 is 8.42 Å². The van der Waals surface area contributed by atoms with Gasteiger partial charge in [0, 0.05) is 31.4 Å². The minimum absolute atomic E-state index is 0.176. The molecule has 0 aliphatic carbocycles. The SMILES string of the molecule is CN=C(NCCc1csc2ccccc12)N1CCS(=O)(=O)C(C)(C)C1. The van der Waals surface area contributed by atoms with Crippen LogP contribution in [0.3, 0.4) is 0 Å². The summed E-state index contributed by atoms with van der Waals surface area (Å²) in [6, 6.07) is 8.44. The highest BCUT2D eigenvalue weighted by Crippen LogP contribution is 2.26. The van der Waals surface area contributed by atoms with Gasteiger partial charge in [0.1, 0.15) is 0 Å². The van der Waals surface area contributed by atoms with Crippen LogP contribution in [-0.4, -0.2) is 56.5 Å². The Kier molecular flexibility index (Phi) is 5.06. The molecular formula is C18H25N3O2S2. The van der Waals surface area contributed by atoms with Crippen LogP contribution >= 0.6 is 11.3 Å². The Bertz CT molecular complexity index is 885. The van der Waals surface area contributed by atoms with E-state index in [-0.39, 0.29) is 5.75 Å². The van der Waals surface area contributed by atoms with E-state index in [1.807, 2.05) is 4.90 Å². The van der Waals surface area contributed by atoms with E-state index in [0.717, 1.165) is 18.9 Å². The van der Waals surface area contributed by atoms with E-state index in [1.165, 1.54) is 15.6 Å². The Labute approximate surface area is 153 Å². The molecule has 2 aromatic rings. The van der Waals surface area contributed by atoms with E-state index in [2.05, 4.69) is 40.0 Å². The molecule has 1 aliphatic heterocycles. The van der Waals surface area contributed by atoms with Crippen LogP contribution in [0.4, 0.5) is 0 Å². The molecule has 0 unspecified atom stereocenters. The molecule has 3 rings (SSSR count). The van der Waals surface area contributed by atoms with Gasteiger partial charge < -0.3 is 10.2 Å². The number of sulfone groups is 1. The van der Waals surface area contributed by atoms with Crippen molar-refractivity contribution in [3.63, 3.8) is 0 Å². The van der Waals surface area contributed by atoms with Crippen LogP contribution in [0.1, 0.15) is 19.4 Å². The summed E-state index contributed by atoms with van der Waals surface area (Å²) in [5.74, 6) is 0.957. The molecule has 0 saturated carbocycles.